The molecule has 0 aromatic heterocycles. The molecule has 24 nitrogen and oxygen atoms in total. The van der Waals surface area contributed by atoms with Gasteiger partial charge in [0, 0.05) is 75.4 Å². The molecule has 102 heavy (non-hydrogen) atoms. The molecule has 0 bridgehead atoms. The SMILES string of the molecule is CCC(C)C1NC(=O)[C@H](CC(C)C)N(C)C(=O)CC(C(=O)N(C)C)N(C)C(=O)[C@H](C2CCCC2)N(C)C(=O)C2(CCCC2)NC(=O)C2CCCN2C(=O)[C@H](CCc2cc(F)c(C(F)(F)F)c(F)c2)NC(=O)CN(C)C(=O)[C@H](Cc2ccc(C)cc2)N(CC)C(=O)C2CCN2C(=O)[C@H](C)N(C)C1=O. The number of nitrogens with one attached hydrogen (secondary N) is 3. The molecule has 0 radical (unpaired) electrons. The minimum absolute atomic E-state index is 0.0487. The van der Waals surface area contributed by atoms with Gasteiger partial charge in [-0.1, -0.05) is 89.6 Å². The Morgan fingerprint density at radius 1 is 0.667 bits per heavy atom. The number of alkyl halides is 3. The molecule has 2 aromatic rings. The molecular weight excluding hydrogens is 1330 g/mol. The molecule has 7 rings (SSSR count). The van der Waals surface area contributed by atoms with E-state index in [1.807, 2.05) is 39.8 Å². The third kappa shape index (κ3) is 18.4. The molecule has 3 N–H and O–H groups in total. The van der Waals surface area contributed by atoms with Crippen LogP contribution in [0.15, 0.2) is 36.4 Å². The lowest BCUT2D eigenvalue weighted by atomic mass is 9.90. The third-order valence-electron chi connectivity index (χ3n) is 21.7. The second-order valence-electron chi connectivity index (χ2n) is 29.4. The third-order valence-corrected chi connectivity index (χ3v) is 21.7. The van der Waals surface area contributed by atoms with E-state index in [-0.39, 0.29) is 76.1 Å². The average Bonchev–Trinajstić information content (AvgIpc) is 1.31. The Labute approximate surface area is 595 Å². The first kappa shape index (κ1) is 81.0. The monoisotopic (exact) mass is 1440 g/mol. The lowest BCUT2D eigenvalue weighted by Gasteiger charge is -2.45. The molecule has 2 aliphatic carbocycles. The molecule has 10 atom stereocenters. The van der Waals surface area contributed by atoms with Crippen molar-refractivity contribution in [2.24, 2.45) is 17.8 Å². The largest absolute Gasteiger partial charge is 0.422 e. The van der Waals surface area contributed by atoms with Gasteiger partial charge in [-0.25, -0.2) is 8.78 Å². The van der Waals surface area contributed by atoms with E-state index in [4.69, 9.17) is 0 Å². The summed E-state index contributed by atoms with van der Waals surface area (Å²) in [6.45, 7) is 11.4. The van der Waals surface area contributed by atoms with Crippen LogP contribution in [0.4, 0.5) is 22.0 Å². The van der Waals surface area contributed by atoms with Crippen LogP contribution in [0.3, 0.4) is 0 Å². The van der Waals surface area contributed by atoms with Crippen LogP contribution >= 0.6 is 0 Å². The number of carbonyl (C=O) groups is 12. The van der Waals surface area contributed by atoms with Gasteiger partial charge in [0.2, 0.25) is 70.9 Å². The molecule has 5 aliphatic rings. The van der Waals surface area contributed by atoms with Gasteiger partial charge < -0.3 is 60.0 Å². The minimum atomic E-state index is -5.40. The second kappa shape index (κ2) is 34.3. The van der Waals surface area contributed by atoms with Crippen LogP contribution in [-0.2, 0) is 76.6 Å². The highest BCUT2D eigenvalue weighted by Crippen LogP contribution is 2.38. The van der Waals surface area contributed by atoms with Crippen LogP contribution < -0.4 is 16.0 Å². The van der Waals surface area contributed by atoms with E-state index in [1.54, 1.807) is 26.0 Å². The Morgan fingerprint density at radius 3 is 1.82 bits per heavy atom. The van der Waals surface area contributed by atoms with Gasteiger partial charge in [-0.15, -0.1) is 0 Å². The van der Waals surface area contributed by atoms with Crippen LogP contribution in [0.2, 0.25) is 0 Å². The number of benzene rings is 2. The summed E-state index contributed by atoms with van der Waals surface area (Å²) in [6, 6.07) is -3.71. The van der Waals surface area contributed by atoms with Gasteiger partial charge in [-0.05, 0) is 126 Å². The Balaban J connectivity index is 1.31. The number of fused-ring (bicyclic) bond motifs is 2. The normalized spacial score (nSPS) is 26.4. The first-order chi connectivity index (χ1) is 47.9. The summed E-state index contributed by atoms with van der Waals surface area (Å²) in [5.74, 6) is -13.6. The van der Waals surface area contributed by atoms with E-state index in [0.717, 1.165) is 15.4 Å². The Hall–Kier alpha value is -8.27. The Bertz CT molecular complexity index is 3410. The van der Waals surface area contributed by atoms with Crippen molar-refractivity contribution in [3.63, 3.8) is 0 Å². The van der Waals surface area contributed by atoms with E-state index in [1.165, 1.54) is 90.6 Å². The number of carbonyl (C=O) groups excluding carboxylic acids is 12. The van der Waals surface area contributed by atoms with E-state index in [2.05, 4.69) is 16.0 Å². The molecular formula is C73H105F5N12O12. The predicted octanol–water partition coefficient (Wildman–Crippen LogP) is 5.24. The van der Waals surface area contributed by atoms with E-state index in [9.17, 15) is 41.9 Å². The average molecular weight is 1440 g/mol. The Morgan fingerprint density at radius 2 is 1.27 bits per heavy atom. The van der Waals surface area contributed by atoms with E-state index >= 15 is 37.5 Å². The van der Waals surface area contributed by atoms with Crippen LogP contribution in [0.25, 0.3) is 0 Å². The first-order valence-corrected chi connectivity index (χ1v) is 35.9. The Kier molecular flexibility index (Phi) is 27.3. The molecule has 1 spiro atoms. The van der Waals surface area contributed by atoms with Gasteiger partial charge >= 0.3 is 6.18 Å². The number of hydrogen-bond donors (Lipinski definition) is 3. The number of aryl methyl sites for hydroxylation is 2. The molecule has 3 aliphatic heterocycles. The van der Waals surface area contributed by atoms with Crippen LogP contribution in [0, 0.1) is 36.3 Å². The number of hydrogen-bond acceptors (Lipinski definition) is 12. The van der Waals surface area contributed by atoms with E-state index < -0.39 is 192 Å². The highest BCUT2D eigenvalue weighted by atomic mass is 19.4. The van der Waals surface area contributed by atoms with Gasteiger partial charge in [-0.2, -0.15) is 13.2 Å². The molecule has 29 heteroatoms. The van der Waals surface area contributed by atoms with Crippen molar-refractivity contribution in [1.29, 1.82) is 0 Å². The highest BCUT2D eigenvalue weighted by molar-refractivity contribution is 6.01. The number of likely N-dealkylation sites (N-methyl/N-ethyl adjacent to an activating group) is 7. The smallest absolute Gasteiger partial charge is 0.347 e. The predicted molar refractivity (Wildman–Crippen MR) is 368 cm³/mol. The summed E-state index contributed by atoms with van der Waals surface area (Å²) in [5.41, 5.74) is -2.58. The van der Waals surface area contributed by atoms with Crippen molar-refractivity contribution in [1.82, 2.24) is 60.0 Å². The van der Waals surface area contributed by atoms with Crippen LogP contribution in [-0.4, -0.2) is 250 Å². The lowest BCUT2D eigenvalue weighted by Crippen LogP contribution is -2.65. The topological polar surface area (TPSA) is 270 Å². The fourth-order valence-corrected chi connectivity index (χ4v) is 15.1. The zero-order valence-corrected chi connectivity index (χ0v) is 61.6. The van der Waals surface area contributed by atoms with Gasteiger partial charge in [0.1, 0.15) is 77.1 Å². The second-order valence-corrected chi connectivity index (χ2v) is 29.4. The molecule has 3 saturated heterocycles. The zero-order chi connectivity index (χ0) is 75.7. The molecule has 564 valence electrons. The quantitative estimate of drug-likeness (QED) is 0.231. The summed E-state index contributed by atoms with van der Waals surface area (Å²) >= 11 is 0. The molecule has 2 aromatic carbocycles. The standard InChI is InChI=1S/C73H105F5N12O12/c1-15-44(6)60-69(100)84(11)45(7)64(95)90-35-31-53(90)68(99)88(16-2)56(39-46-27-25-43(5)26-28-46)67(98)83(10)41-57(91)79-51(30-29-47-37-49(74)59(50(75)38-47)73(76,77)78)65(96)89-34-21-24-52(89)63(94)81-72(32-19-20-33-72)71(102)87(14)61(48-22-17-18-23-48)70(101)86(13)55(66(97)82(8)9)40-58(92)85(12)54(36-42(3)4)62(93)80-60/h25-28,37-38,42,44-45,48,51-56,60-61H,15-24,29-36,39-41H2,1-14H3,(H,79,91)(H,80,93)(H,81,94)/t44?,45-,51-,52?,53?,54-,55?,56-,60?,61-/m0/s1. The number of rotatable bonds is 12. The van der Waals surface area contributed by atoms with Crippen molar-refractivity contribution >= 4 is 70.9 Å². The maximum absolute atomic E-state index is 15.6. The van der Waals surface area contributed by atoms with E-state index in [0.29, 0.717) is 62.6 Å². The zero-order valence-electron chi connectivity index (χ0n) is 61.6. The molecule has 5 fully saturated rings. The molecule has 5 unspecified atom stereocenters. The summed E-state index contributed by atoms with van der Waals surface area (Å²) in [6.07, 6.45) is -2.62. The highest BCUT2D eigenvalue weighted by Gasteiger charge is 2.52. The molecule has 2 saturated carbocycles. The lowest BCUT2D eigenvalue weighted by molar-refractivity contribution is -0.161. The van der Waals surface area contributed by atoms with Gasteiger partial charge in [0.15, 0.2) is 0 Å². The number of halogens is 5. The van der Waals surface area contributed by atoms with Crippen molar-refractivity contribution in [3.8, 4) is 0 Å². The summed E-state index contributed by atoms with van der Waals surface area (Å²) < 4.78 is 71.5. The van der Waals surface area contributed by atoms with Crippen molar-refractivity contribution in [2.75, 3.05) is 75.5 Å². The van der Waals surface area contributed by atoms with Gasteiger partial charge in [0.05, 0.1) is 13.0 Å². The summed E-state index contributed by atoms with van der Waals surface area (Å²) in [5, 5.41) is 8.52. The fourth-order valence-electron chi connectivity index (χ4n) is 15.1. The van der Waals surface area contributed by atoms with Crippen LogP contribution in [0.1, 0.15) is 160 Å². The maximum atomic E-state index is 15.6. The minimum Gasteiger partial charge on any atom is -0.347 e. The van der Waals surface area contributed by atoms with Crippen LogP contribution in [0.5, 0.6) is 0 Å². The fraction of sp³-hybridized carbons (Fsp3) is 0.671. The summed E-state index contributed by atoms with van der Waals surface area (Å²) in [7, 11) is 9.83. The molecule has 3 heterocycles. The van der Waals surface area contributed by atoms with Crippen molar-refractivity contribution in [2.45, 2.75) is 224 Å². The first-order valence-electron chi connectivity index (χ1n) is 35.9. The van der Waals surface area contributed by atoms with Crippen molar-refractivity contribution < 1.29 is 79.5 Å². The van der Waals surface area contributed by atoms with Gasteiger partial charge in [0.25, 0.3) is 0 Å². The number of nitrogens with zero attached hydrogens (tertiary/aromatic N) is 9. The number of amides is 12. The maximum Gasteiger partial charge on any atom is 0.422 e. The van der Waals surface area contributed by atoms with Crippen molar-refractivity contribution in [3.05, 3.63) is 70.3 Å². The molecule has 12 amide bonds. The summed E-state index contributed by atoms with van der Waals surface area (Å²) in [4.78, 5) is 191. The van der Waals surface area contributed by atoms with Gasteiger partial charge in [-0.3, -0.25) is 57.5 Å².